The van der Waals surface area contributed by atoms with Gasteiger partial charge in [-0.15, -0.1) is 0 Å². The van der Waals surface area contributed by atoms with E-state index in [2.05, 4.69) is 29.0 Å². The first-order valence-electron chi connectivity index (χ1n) is 8.75. The molecule has 1 saturated heterocycles. The number of nitrogens with one attached hydrogen (secondary N) is 2. The second-order valence-electron chi connectivity index (χ2n) is 7.21. The summed E-state index contributed by atoms with van der Waals surface area (Å²) in [5, 5.41) is 3.71. The van der Waals surface area contributed by atoms with Crippen LogP contribution in [0, 0.1) is 18.7 Å². The molecule has 0 saturated carbocycles. The van der Waals surface area contributed by atoms with Gasteiger partial charge < -0.3 is 10.3 Å². The van der Waals surface area contributed by atoms with E-state index in [1.807, 2.05) is 6.92 Å². The summed E-state index contributed by atoms with van der Waals surface area (Å²) >= 11 is 0. The number of halogens is 1. The summed E-state index contributed by atoms with van der Waals surface area (Å²) in [6, 6.07) is 4.91. The zero-order valence-corrected chi connectivity index (χ0v) is 14.7. The molecular weight excluding hydrogens is 305 g/mol. The molecule has 3 rings (SSSR count). The Kier molecular flexibility index (Phi) is 4.90. The molecule has 2 aromatic rings. The van der Waals surface area contributed by atoms with Crippen LogP contribution in [0.3, 0.4) is 0 Å². The summed E-state index contributed by atoms with van der Waals surface area (Å²) in [5.74, 6) is 0.176. The quantitative estimate of drug-likeness (QED) is 0.881. The number of fused-ring (bicyclic) bond motifs is 1. The van der Waals surface area contributed by atoms with Crippen molar-refractivity contribution < 1.29 is 9.18 Å². The van der Waals surface area contributed by atoms with Gasteiger partial charge in [-0.05, 0) is 50.4 Å². The topological polar surface area (TPSA) is 48.1 Å². The molecule has 1 aliphatic heterocycles. The van der Waals surface area contributed by atoms with Gasteiger partial charge in [0.25, 0.3) is 5.91 Å². The number of carbonyl (C=O) groups excluding carboxylic acids is 1. The Bertz CT molecular complexity index is 738. The van der Waals surface area contributed by atoms with E-state index in [4.69, 9.17) is 0 Å². The molecule has 1 amide bonds. The highest BCUT2D eigenvalue weighted by molar-refractivity contribution is 6.08. The Balaban J connectivity index is 1.71. The molecule has 0 spiro atoms. The second-order valence-corrected chi connectivity index (χ2v) is 7.21. The van der Waals surface area contributed by atoms with Crippen molar-refractivity contribution in [3.05, 3.63) is 35.3 Å². The molecule has 130 valence electrons. The van der Waals surface area contributed by atoms with Gasteiger partial charge in [0.15, 0.2) is 0 Å². The van der Waals surface area contributed by atoms with E-state index in [1.165, 1.54) is 18.6 Å². The molecule has 1 aromatic heterocycles. The first kappa shape index (κ1) is 17.0. The number of rotatable bonds is 5. The van der Waals surface area contributed by atoms with Crippen LogP contribution >= 0.6 is 0 Å². The predicted octanol–water partition coefficient (Wildman–Crippen LogP) is 3.47. The van der Waals surface area contributed by atoms with Crippen LogP contribution in [0.15, 0.2) is 18.2 Å². The zero-order valence-electron chi connectivity index (χ0n) is 14.7. The number of hydrogen-bond acceptors (Lipinski definition) is 2. The summed E-state index contributed by atoms with van der Waals surface area (Å²) in [6.45, 7) is 9.12. The molecule has 1 fully saturated rings. The Morgan fingerprint density at radius 1 is 1.46 bits per heavy atom. The predicted molar refractivity (Wildman–Crippen MR) is 94.8 cm³/mol. The number of benzene rings is 1. The number of amides is 1. The van der Waals surface area contributed by atoms with Crippen molar-refractivity contribution in [2.24, 2.45) is 5.92 Å². The van der Waals surface area contributed by atoms with Crippen LogP contribution in [0.5, 0.6) is 0 Å². The third-order valence-electron chi connectivity index (χ3n) is 4.77. The molecule has 4 nitrogen and oxygen atoms in total. The van der Waals surface area contributed by atoms with E-state index in [9.17, 15) is 9.18 Å². The van der Waals surface area contributed by atoms with Gasteiger partial charge in [0.1, 0.15) is 5.82 Å². The van der Waals surface area contributed by atoms with Crippen molar-refractivity contribution >= 4 is 16.8 Å². The number of carbonyl (C=O) groups is 1. The Morgan fingerprint density at radius 3 is 3.00 bits per heavy atom. The van der Waals surface area contributed by atoms with E-state index in [0.29, 0.717) is 29.5 Å². The van der Waals surface area contributed by atoms with Crippen LogP contribution in [0.25, 0.3) is 10.9 Å². The van der Waals surface area contributed by atoms with E-state index in [1.54, 1.807) is 6.07 Å². The van der Waals surface area contributed by atoms with Crippen LogP contribution in [0.1, 0.15) is 42.7 Å². The average Bonchev–Trinajstić information content (AvgIpc) is 3.07. The average molecular weight is 331 g/mol. The lowest BCUT2D eigenvalue weighted by Gasteiger charge is -2.26. The monoisotopic (exact) mass is 331 g/mol. The van der Waals surface area contributed by atoms with Crippen LogP contribution in [0.2, 0.25) is 0 Å². The maximum absolute atomic E-state index is 13.5. The smallest absolute Gasteiger partial charge is 0.253 e. The van der Waals surface area contributed by atoms with Gasteiger partial charge in [0, 0.05) is 35.7 Å². The summed E-state index contributed by atoms with van der Waals surface area (Å²) < 4.78 is 13.5. The highest BCUT2D eigenvalue weighted by Gasteiger charge is 2.26. The largest absolute Gasteiger partial charge is 0.358 e. The summed E-state index contributed by atoms with van der Waals surface area (Å²) in [5.41, 5.74) is 2.12. The van der Waals surface area contributed by atoms with Gasteiger partial charge in [0.05, 0.1) is 5.56 Å². The number of likely N-dealkylation sites (tertiary alicyclic amines) is 1. The fraction of sp³-hybridized carbons (Fsp3) is 0.526. The minimum Gasteiger partial charge on any atom is -0.358 e. The number of nitrogens with zero attached hydrogens (tertiary/aromatic N) is 1. The van der Waals surface area contributed by atoms with Crippen LogP contribution in [-0.2, 0) is 0 Å². The van der Waals surface area contributed by atoms with Crippen molar-refractivity contribution in [1.29, 1.82) is 0 Å². The van der Waals surface area contributed by atoms with Crippen molar-refractivity contribution in [3.8, 4) is 0 Å². The third-order valence-corrected chi connectivity index (χ3v) is 4.77. The highest BCUT2D eigenvalue weighted by atomic mass is 19.1. The lowest BCUT2D eigenvalue weighted by Crippen LogP contribution is -2.41. The summed E-state index contributed by atoms with van der Waals surface area (Å²) in [6.07, 6.45) is 2.30. The van der Waals surface area contributed by atoms with Gasteiger partial charge >= 0.3 is 0 Å². The normalized spacial score (nSPS) is 18.6. The fourth-order valence-electron chi connectivity index (χ4n) is 3.73. The van der Waals surface area contributed by atoms with E-state index in [0.717, 1.165) is 30.7 Å². The first-order valence-corrected chi connectivity index (χ1v) is 8.75. The minimum atomic E-state index is -0.325. The first-order chi connectivity index (χ1) is 11.5. The maximum atomic E-state index is 13.5. The minimum absolute atomic E-state index is 0.124. The maximum Gasteiger partial charge on any atom is 0.253 e. The van der Waals surface area contributed by atoms with E-state index >= 15 is 0 Å². The molecule has 0 bridgehead atoms. The molecule has 2 heterocycles. The molecule has 5 heteroatoms. The fourth-order valence-corrected chi connectivity index (χ4v) is 3.73. The van der Waals surface area contributed by atoms with Crippen molar-refractivity contribution in [3.63, 3.8) is 0 Å². The van der Waals surface area contributed by atoms with Gasteiger partial charge in [-0.3, -0.25) is 9.69 Å². The van der Waals surface area contributed by atoms with Gasteiger partial charge in [-0.2, -0.15) is 0 Å². The number of aromatic nitrogens is 1. The Labute approximate surface area is 142 Å². The van der Waals surface area contributed by atoms with E-state index < -0.39 is 0 Å². The van der Waals surface area contributed by atoms with E-state index in [-0.39, 0.29) is 11.7 Å². The zero-order chi connectivity index (χ0) is 17.3. The molecule has 2 N–H and O–H groups in total. The highest BCUT2D eigenvalue weighted by Crippen LogP contribution is 2.23. The number of aromatic amines is 1. The number of aryl methyl sites for hydroxylation is 1. The third kappa shape index (κ3) is 3.46. The SMILES string of the molecule is Cc1[nH]c2ccc(F)cc2c1C(=O)NCC1CCCN1CC(C)C. The molecule has 1 atom stereocenters. The van der Waals surface area contributed by atoms with Crippen LogP contribution in [-0.4, -0.2) is 41.5 Å². The van der Waals surface area contributed by atoms with Crippen molar-refractivity contribution in [1.82, 2.24) is 15.2 Å². The van der Waals surface area contributed by atoms with Crippen molar-refractivity contribution in [2.45, 2.75) is 39.7 Å². The Morgan fingerprint density at radius 2 is 2.25 bits per heavy atom. The van der Waals surface area contributed by atoms with Crippen LogP contribution < -0.4 is 5.32 Å². The lowest BCUT2D eigenvalue weighted by molar-refractivity contribution is 0.0940. The molecule has 24 heavy (non-hydrogen) atoms. The van der Waals surface area contributed by atoms with Gasteiger partial charge in [-0.1, -0.05) is 13.8 Å². The molecule has 1 aliphatic rings. The Hall–Kier alpha value is -1.88. The molecule has 1 aromatic carbocycles. The summed E-state index contributed by atoms with van der Waals surface area (Å²) in [4.78, 5) is 18.3. The van der Waals surface area contributed by atoms with Crippen LogP contribution in [0.4, 0.5) is 4.39 Å². The van der Waals surface area contributed by atoms with Crippen molar-refractivity contribution in [2.75, 3.05) is 19.6 Å². The molecule has 0 radical (unpaired) electrons. The molecule has 1 unspecified atom stereocenters. The standard InChI is InChI=1S/C19H26FN3O/c1-12(2)11-23-8-4-5-15(23)10-21-19(24)18-13(3)22-17-7-6-14(20)9-16(17)18/h6-7,9,12,15,22H,4-5,8,10-11H2,1-3H3,(H,21,24). The second kappa shape index (κ2) is 6.93. The summed E-state index contributed by atoms with van der Waals surface area (Å²) in [7, 11) is 0. The lowest BCUT2D eigenvalue weighted by atomic mass is 10.1. The molecule has 0 aliphatic carbocycles. The number of hydrogen-bond donors (Lipinski definition) is 2. The number of H-pyrrole nitrogens is 1. The molecular formula is C19H26FN3O. The van der Waals surface area contributed by atoms with Gasteiger partial charge in [0.2, 0.25) is 0 Å². The van der Waals surface area contributed by atoms with Gasteiger partial charge in [-0.25, -0.2) is 4.39 Å².